The van der Waals surface area contributed by atoms with Crippen LogP contribution in [0.25, 0.3) is 0 Å². The maximum absolute atomic E-state index is 5.85. The van der Waals surface area contributed by atoms with E-state index in [-0.39, 0.29) is 5.54 Å². The second-order valence-electron chi connectivity index (χ2n) is 5.02. The molecule has 1 saturated heterocycles. The van der Waals surface area contributed by atoms with Crippen molar-refractivity contribution in [3.63, 3.8) is 0 Å². The van der Waals surface area contributed by atoms with Gasteiger partial charge in [0.25, 0.3) is 0 Å². The van der Waals surface area contributed by atoms with Crippen molar-refractivity contribution in [3.05, 3.63) is 0 Å². The van der Waals surface area contributed by atoms with Gasteiger partial charge in [-0.05, 0) is 46.3 Å². The third-order valence-corrected chi connectivity index (χ3v) is 4.07. The summed E-state index contributed by atoms with van der Waals surface area (Å²) in [5.74, 6) is 0. The van der Waals surface area contributed by atoms with Crippen molar-refractivity contribution in [1.82, 2.24) is 9.80 Å². The van der Waals surface area contributed by atoms with E-state index in [1.54, 1.807) is 0 Å². The Labute approximate surface area is 94.6 Å². The molecule has 0 aromatic carbocycles. The molecule has 2 N–H and O–H groups in total. The molecule has 0 bridgehead atoms. The number of nitrogens with zero attached hydrogens (tertiary/aromatic N) is 2. The van der Waals surface area contributed by atoms with Crippen LogP contribution in [0.15, 0.2) is 0 Å². The third kappa shape index (κ3) is 3.44. The van der Waals surface area contributed by atoms with Crippen LogP contribution >= 0.6 is 0 Å². The first-order valence-electron chi connectivity index (χ1n) is 6.26. The molecule has 1 rings (SSSR count). The van der Waals surface area contributed by atoms with Gasteiger partial charge in [-0.1, -0.05) is 6.92 Å². The molecule has 3 heteroatoms. The highest BCUT2D eigenvalue weighted by Gasteiger charge is 2.25. The lowest BCUT2D eigenvalue weighted by Crippen LogP contribution is -2.51. The Balaban J connectivity index is 2.30. The average Bonchev–Trinajstić information content (AvgIpc) is 2.77. The predicted octanol–water partition coefficient (Wildman–Crippen LogP) is 1.14. The summed E-state index contributed by atoms with van der Waals surface area (Å²) in [6, 6.07) is 0. The Hall–Kier alpha value is -0.120. The number of nitrogens with two attached hydrogens (primary N) is 1. The number of likely N-dealkylation sites (tertiary alicyclic amines) is 1. The third-order valence-electron chi connectivity index (χ3n) is 4.07. The molecule has 90 valence electrons. The molecule has 1 fully saturated rings. The van der Waals surface area contributed by atoms with Crippen molar-refractivity contribution < 1.29 is 0 Å². The van der Waals surface area contributed by atoms with Crippen molar-refractivity contribution in [1.29, 1.82) is 0 Å². The maximum Gasteiger partial charge on any atom is 0.0298 e. The zero-order valence-corrected chi connectivity index (χ0v) is 10.6. The van der Waals surface area contributed by atoms with E-state index in [0.29, 0.717) is 0 Å². The second-order valence-corrected chi connectivity index (χ2v) is 5.02. The highest BCUT2D eigenvalue weighted by atomic mass is 15.2. The normalized spacial score (nSPS) is 22.2. The molecule has 1 atom stereocenters. The minimum atomic E-state index is 0.180. The van der Waals surface area contributed by atoms with Gasteiger partial charge in [0.1, 0.15) is 0 Å². The van der Waals surface area contributed by atoms with E-state index in [2.05, 4.69) is 30.7 Å². The van der Waals surface area contributed by atoms with Gasteiger partial charge in [-0.3, -0.25) is 4.90 Å². The van der Waals surface area contributed by atoms with Crippen LogP contribution in [0.3, 0.4) is 0 Å². The lowest BCUT2D eigenvalue weighted by molar-refractivity contribution is 0.124. The van der Waals surface area contributed by atoms with Crippen LogP contribution in [0.2, 0.25) is 0 Å². The largest absolute Gasteiger partial charge is 0.329 e. The molecule has 0 aromatic heterocycles. The van der Waals surface area contributed by atoms with E-state index in [9.17, 15) is 0 Å². The fourth-order valence-electron chi connectivity index (χ4n) is 2.14. The van der Waals surface area contributed by atoms with Crippen molar-refractivity contribution in [2.75, 3.05) is 39.8 Å². The Bertz CT molecular complexity index is 172. The van der Waals surface area contributed by atoms with Crippen LogP contribution in [0, 0.1) is 0 Å². The van der Waals surface area contributed by atoms with Gasteiger partial charge in [-0.2, -0.15) is 0 Å². The molecule has 1 unspecified atom stereocenters. The summed E-state index contributed by atoms with van der Waals surface area (Å²) in [6.45, 7) is 10.2. The fourth-order valence-corrected chi connectivity index (χ4v) is 2.14. The Morgan fingerprint density at radius 3 is 2.40 bits per heavy atom. The zero-order chi connectivity index (χ0) is 11.3. The molecular formula is C12H27N3. The summed E-state index contributed by atoms with van der Waals surface area (Å²) in [6.07, 6.45) is 3.89. The number of likely N-dealkylation sites (N-methyl/N-ethyl adjacent to an activating group) is 1. The first kappa shape index (κ1) is 12.9. The zero-order valence-electron chi connectivity index (χ0n) is 10.6. The van der Waals surface area contributed by atoms with E-state index in [1.165, 1.54) is 32.5 Å². The van der Waals surface area contributed by atoms with Gasteiger partial charge in [0.15, 0.2) is 0 Å². The van der Waals surface area contributed by atoms with Gasteiger partial charge in [0.05, 0.1) is 0 Å². The van der Waals surface area contributed by atoms with Gasteiger partial charge < -0.3 is 10.6 Å². The average molecular weight is 213 g/mol. The number of hydrogen-bond donors (Lipinski definition) is 1. The Morgan fingerprint density at radius 2 is 1.93 bits per heavy atom. The standard InChI is InChI=1S/C12H27N3/c1-4-12(2,11-13)14(3)9-10-15-7-5-6-8-15/h4-11,13H2,1-3H3. The quantitative estimate of drug-likeness (QED) is 0.718. The van der Waals surface area contributed by atoms with E-state index < -0.39 is 0 Å². The summed E-state index contributed by atoms with van der Waals surface area (Å²) in [5, 5.41) is 0. The van der Waals surface area contributed by atoms with Crippen LogP contribution in [0.1, 0.15) is 33.1 Å². The molecule has 0 aromatic rings. The Kier molecular flexibility index (Phi) is 5.03. The molecule has 1 heterocycles. The SMILES string of the molecule is CCC(C)(CN)N(C)CCN1CCCC1. The lowest BCUT2D eigenvalue weighted by atomic mass is 9.97. The molecule has 0 spiro atoms. The van der Waals surface area contributed by atoms with Crippen LogP contribution < -0.4 is 5.73 Å². The number of hydrogen-bond acceptors (Lipinski definition) is 3. The summed E-state index contributed by atoms with van der Waals surface area (Å²) in [7, 11) is 2.20. The number of rotatable bonds is 6. The maximum atomic E-state index is 5.85. The van der Waals surface area contributed by atoms with E-state index in [4.69, 9.17) is 5.73 Å². The fraction of sp³-hybridized carbons (Fsp3) is 1.00. The van der Waals surface area contributed by atoms with Crippen LogP contribution in [-0.4, -0.2) is 55.1 Å². The van der Waals surface area contributed by atoms with Gasteiger partial charge >= 0.3 is 0 Å². The molecule has 3 nitrogen and oxygen atoms in total. The first-order valence-corrected chi connectivity index (χ1v) is 6.26. The first-order chi connectivity index (χ1) is 7.12. The molecule has 0 amide bonds. The molecule has 1 aliphatic heterocycles. The lowest BCUT2D eigenvalue weighted by Gasteiger charge is -2.38. The summed E-state index contributed by atoms with van der Waals surface area (Å²) < 4.78 is 0. The molecule has 0 radical (unpaired) electrons. The molecule has 0 saturated carbocycles. The highest BCUT2D eigenvalue weighted by molar-refractivity contribution is 4.84. The smallest absolute Gasteiger partial charge is 0.0298 e. The summed E-state index contributed by atoms with van der Waals surface area (Å²) >= 11 is 0. The van der Waals surface area contributed by atoms with Crippen LogP contribution in [0.4, 0.5) is 0 Å². The molecule has 15 heavy (non-hydrogen) atoms. The van der Waals surface area contributed by atoms with Gasteiger partial charge in [-0.25, -0.2) is 0 Å². The van der Waals surface area contributed by atoms with Crippen molar-refractivity contribution in [2.24, 2.45) is 5.73 Å². The Morgan fingerprint density at radius 1 is 1.33 bits per heavy atom. The minimum absolute atomic E-state index is 0.180. The summed E-state index contributed by atoms with van der Waals surface area (Å²) in [4.78, 5) is 4.98. The molecular weight excluding hydrogens is 186 g/mol. The van der Waals surface area contributed by atoms with Crippen LogP contribution in [0.5, 0.6) is 0 Å². The monoisotopic (exact) mass is 213 g/mol. The predicted molar refractivity (Wildman–Crippen MR) is 66.1 cm³/mol. The van der Waals surface area contributed by atoms with Crippen LogP contribution in [-0.2, 0) is 0 Å². The van der Waals surface area contributed by atoms with Crippen molar-refractivity contribution >= 4 is 0 Å². The highest BCUT2D eigenvalue weighted by Crippen LogP contribution is 2.16. The summed E-state index contributed by atoms with van der Waals surface area (Å²) in [5.41, 5.74) is 6.03. The van der Waals surface area contributed by atoms with E-state index in [0.717, 1.165) is 19.5 Å². The molecule has 0 aliphatic carbocycles. The van der Waals surface area contributed by atoms with Crippen molar-refractivity contribution in [2.45, 2.75) is 38.6 Å². The second kappa shape index (κ2) is 5.83. The van der Waals surface area contributed by atoms with Gasteiger partial charge in [-0.15, -0.1) is 0 Å². The van der Waals surface area contributed by atoms with Gasteiger partial charge in [0, 0.05) is 25.2 Å². The topological polar surface area (TPSA) is 32.5 Å². The van der Waals surface area contributed by atoms with Gasteiger partial charge in [0.2, 0.25) is 0 Å². The molecule has 1 aliphatic rings. The van der Waals surface area contributed by atoms with Crippen molar-refractivity contribution in [3.8, 4) is 0 Å². The van der Waals surface area contributed by atoms with E-state index in [1.807, 2.05) is 0 Å². The van der Waals surface area contributed by atoms with E-state index >= 15 is 0 Å². The minimum Gasteiger partial charge on any atom is -0.329 e.